The highest BCUT2D eigenvalue weighted by molar-refractivity contribution is 5.99. The fourth-order valence-corrected chi connectivity index (χ4v) is 3.47. The van der Waals surface area contributed by atoms with Gasteiger partial charge >= 0.3 is 0 Å². The monoisotopic (exact) mass is 386 g/mol. The Labute approximate surface area is 174 Å². The van der Waals surface area contributed by atoms with Crippen molar-refractivity contribution in [2.75, 3.05) is 14.1 Å². The Bertz CT molecular complexity index is 945. The lowest BCUT2D eigenvalue weighted by Crippen LogP contribution is -2.56. The first-order chi connectivity index (χ1) is 14.1. The number of nitrogens with one attached hydrogen (secondary N) is 2. The number of hydrogen-bond acceptors (Lipinski definition) is 3. The molecule has 0 saturated carbocycles. The van der Waals surface area contributed by atoms with Gasteiger partial charge in [-0.2, -0.15) is 0 Å². The average molecular weight is 387 g/mol. The molecule has 0 atom stereocenters. The molecule has 0 unspecified atom stereocenters. The zero-order valence-corrected chi connectivity index (χ0v) is 17.7. The molecular formula is C26H30N2O. The summed E-state index contributed by atoms with van der Waals surface area (Å²) in [5, 5.41) is 6.42. The predicted molar refractivity (Wildman–Crippen MR) is 123 cm³/mol. The molecule has 3 aromatic carbocycles. The highest BCUT2D eigenvalue weighted by Crippen LogP contribution is 2.39. The van der Waals surface area contributed by atoms with Gasteiger partial charge in [0.1, 0.15) is 5.75 Å². The van der Waals surface area contributed by atoms with Crippen LogP contribution < -0.4 is 15.4 Å². The lowest BCUT2D eigenvalue weighted by Gasteiger charge is -2.31. The van der Waals surface area contributed by atoms with Gasteiger partial charge in [-0.05, 0) is 48.9 Å². The molecule has 0 amide bonds. The maximum Gasteiger partial charge on any atom is 0.214 e. The van der Waals surface area contributed by atoms with Crippen molar-refractivity contribution in [3.8, 4) is 5.75 Å². The summed E-state index contributed by atoms with van der Waals surface area (Å²) in [6, 6.07) is 29.4. The minimum atomic E-state index is -0.670. The van der Waals surface area contributed by atoms with E-state index in [0.29, 0.717) is 0 Å². The summed E-state index contributed by atoms with van der Waals surface area (Å²) < 4.78 is 6.41. The van der Waals surface area contributed by atoms with Gasteiger partial charge in [-0.15, -0.1) is 0 Å². The van der Waals surface area contributed by atoms with E-state index in [1.165, 1.54) is 22.3 Å². The van der Waals surface area contributed by atoms with E-state index < -0.39 is 5.85 Å². The molecule has 3 rings (SSSR count). The summed E-state index contributed by atoms with van der Waals surface area (Å²) in [5.74, 6) is 0.163. The average Bonchev–Trinajstić information content (AvgIpc) is 2.79. The van der Waals surface area contributed by atoms with Gasteiger partial charge in [0.15, 0.2) is 0 Å². The van der Waals surface area contributed by atoms with Crippen LogP contribution in [0.2, 0.25) is 0 Å². The van der Waals surface area contributed by atoms with Gasteiger partial charge < -0.3 is 4.74 Å². The molecule has 0 aliphatic heterocycles. The van der Waals surface area contributed by atoms with Crippen LogP contribution in [-0.4, -0.2) is 19.9 Å². The van der Waals surface area contributed by atoms with E-state index in [1.54, 1.807) is 0 Å². The Morgan fingerprint density at radius 2 is 1.28 bits per heavy atom. The first-order valence-corrected chi connectivity index (χ1v) is 10.1. The van der Waals surface area contributed by atoms with Gasteiger partial charge in [0.25, 0.3) is 0 Å². The van der Waals surface area contributed by atoms with Crippen LogP contribution in [0.3, 0.4) is 0 Å². The molecule has 0 spiro atoms. The third-order valence-electron chi connectivity index (χ3n) is 5.26. The van der Waals surface area contributed by atoms with E-state index in [1.807, 2.05) is 33.2 Å². The number of rotatable bonds is 8. The SMILES string of the molecule is CCC(=C(c1ccccc1)c1ccccc1OC(C)(NC)NC)c1ccccc1. The van der Waals surface area contributed by atoms with Gasteiger partial charge in [-0.25, -0.2) is 0 Å². The van der Waals surface area contributed by atoms with Crippen molar-refractivity contribution >= 4 is 11.1 Å². The highest BCUT2D eigenvalue weighted by atomic mass is 16.5. The molecule has 0 heterocycles. The Balaban J connectivity index is 2.26. The summed E-state index contributed by atoms with van der Waals surface area (Å²) >= 11 is 0. The van der Waals surface area contributed by atoms with Crippen molar-refractivity contribution in [3.05, 3.63) is 102 Å². The quantitative estimate of drug-likeness (QED) is 0.393. The van der Waals surface area contributed by atoms with Crippen molar-refractivity contribution < 1.29 is 4.74 Å². The highest BCUT2D eigenvalue weighted by Gasteiger charge is 2.24. The second-order valence-corrected chi connectivity index (χ2v) is 7.07. The van der Waals surface area contributed by atoms with E-state index in [0.717, 1.165) is 17.7 Å². The number of allylic oxidation sites excluding steroid dienone is 1. The minimum absolute atomic E-state index is 0.670. The largest absolute Gasteiger partial charge is 0.459 e. The Kier molecular flexibility index (Phi) is 6.86. The van der Waals surface area contributed by atoms with Crippen molar-refractivity contribution in [1.29, 1.82) is 0 Å². The van der Waals surface area contributed by atoms with Gasteiger partial charge in [0.05, 0.1) is 0 Å². The maximum absolute atomic E-state index is 6.41. The molecule has 0 aliphatic rings. The molecule has 0 fully saturated rings. The number of benzene rings is 3. The molecule has 0 bridgehead atoms. The van der Waals surface area contributed by atoms with Crippen molar-refractivity contribution in [2.45, 2.75) is 26.1 Å². The summed E-state index contributed by atoms with van der Waals surface area (Å²) in [6.07, 6.45) is 0.915. The van der Waals surface area contributed by atoms with Gasteiger partial charge in [0, 0.05) is 12.5 Å². The summed E-state index contributed by atoms with van der Waals surface area (Å²) in [4.78, 5) is 0. The fraction of sp³-hybridized carbons (Fsp3) is 0.231. The molecule has 2 N–H and O–H groups in total. The van der Waals surface area contributed by atoms with Crippen LogP contribution in [0.25, 0.3) is 11.1 Å². The third kappa shape index (κ3) is 4.76. The maximum atomic E-state index is 6.41. The first kappa shape index (κ1) is 20.8. The minimum Gasteiger partial charge on any atom is -0.459 e. The van der Waals surface area contributed by atoms with Crippen LogP contribution in [0.1, 0.15) is 37.0 Å². The second-order valence-electron chi connectivity index (χ2n) is 7.07. The van der Waals surface area contributed by atoms with Crippen molar-refractivity contribution in [2.24, 2.45) is 0 Å². The van der Waals surface area contributed by atoms with Crippen LogP contribution in [0.4, 0.5) is 0 Å². The molecule has 3 nitrogen and oxygen atoms in total. The molecular weight excluding hydrogens is 356 g/mol. The van der Waals surface area contributed by atoms with Gasteiger partial charge in [-0.1, -0.05) is 85.8 Å². The van der Waals surface area contributed by atoms with Crippen molar-refractivity contribution in [1.82, 2.24) is 10.6 Å². The molecule has 3 heteroatoms. The van der Waals surface area contributed by atoms with E-state index in [4.69, 9.17) is 4.74 Å². The molecule has 0 saturated heterocycles. The Hall–Kier alpha value is -2.88. The van der Waals surface area contributed by atoms with Crippen LogP contribution in [0.15, 0.2) is 84.9 Å². The second kappa shape index (κ2) is 9.55. The third-order valence-corrected chi connectivity index (χ3v) is 5.26. The molecule has 0 aliphatic carbocycles. The smallest absolute Gasteiger partial charge is 0.214 e. The molecule has 150 valence electrons. The molecule has 0 radical (unpaired) electrons. The number of hydrogen-bond donors (Lipinski definition) is 2. The lowest BCUT2D eigenvalue weighted by atomic mass is 9.88. The van der Waals surface area contributed by atoms with E-state index in [2.05, 4.69) is 90.4 Å². The number of ether oxygens (including phenoxy) is 1. The van der Waals surface area contributed by atoms with Gasteiger partial charge in [-0.3, -0.25) is 10.6 Å². The standard InChI is InChI=1S/C26H30N2O/c1-5-22(20-14-8-6-9-15-20)25(21-16-10-7-11-17-21)23-18-12-13-19-24(23)29-26(2,27-3)28-4/h6-19,27-28H,5H2,1-4H3. The first-order valence-electron chi connectivity index (χ1n) is 10.1. The predicted octanol–water partition coefficient (Wildman–Crippen LogP) is 5.55. The van der Waals surface area contributed by atoms with E-state index in [-0.39, 0.29) is 0 Å². The molecule has 3 aromatic rings. The molecule has 29 heavy (non-hydrogen) atoms. The van der Waals surface area contributed by atoms with E-state index in [9.17, 15) is 0 Å². The van der Waals surface area contributed by atoms with Crippen molar-refractivity contribution in [3.63, 3.8) is 0 Å². The zero-order chi connectivity index (χ0) is 20.7. The lowest BCUT2D eigenvalue weighted by molar-refractivity contribution is 0.0322. The van der Waals surface area contributed by atoms with Crippen LogP contribution >= 0.6 is 0 Å². The van der Waals surface area contributed by atoms with E-state index >= 15 is 0 Å². The summed E-state index contributed by atoms with van der Waals surface area (Å²) in [6.45, 7) is 4.19. The molecule has 0 aromatic heterocycles. The van der Waals surface area contributed by atoms with Crippen LogP contribution in [-0.2, 0) is 0 Å². The normalized spacial score (nSPS) is 12.4. The van der Waals surface area contributed by atoms with Crippen LogP contribution in [0, 0.1) is 0 Å². The summed E-state index contributed by atoms with van der Waals surface area (Å²) in [7, 11) is 3.77. The summed E-state index contributed by atoms with van der Waals surface area (Å²) in [5.41, 5.74) is 5.98. The van der Waals surface area contributed by atoms with Gasteiger partial charge in [0.2, 0.25) is 5.85 Å². The number of para-hydroxylation sites is 1. The zero-order valence-electron chi connectivity index (χ0n) is 17.7. The Morgan fingerprint density at radius 3 is 1.83 bits per heavy atom. The van der Waals surface area contributed by atoms with Crippen LogP contribution in [0.5, 0.6) is 5.75 Å². The fourth-order valence-electron chi connectivity index (χ4n) is 3.47. The topological polar surface area (TPSA) is 33.3 Å². The Morgan fingerprint density at radius 1 is 0.759 bits per heavy atom.